The molecule has 7 nitrogen and oxygen atoms in total. The largest absolute Gasteiger partial charge is 0.329 e. The molecule has 128 valence electrons. The molecule has 0 unspecified atom stereocenters. The smallest absolute Gasteiger partial charge is 0.257 e. The first-order chi connectivity index (χ1) is 12.7. The number of benzene rings is 1. The third kappa shape index (κ3) is 2.46. The van der Waals surface area contributed by atoms with Crippen molar-refractivity contribution in [2.45, 2.75) is 0 Å². The van der Waals surface area contributed by atoms with E-state index in [0.717, 1.165) is 33.7 Å². The van der Waals surface area contributed by atoms with Crippen LogP contribution in [-0.2, 0) is 0 Å². The second-order valence-corrected chi connectivity index (χ2v) is 5.73. The van der Waals surface area contributed by atoms with E-state index in [4.69, 9.17) is 0 Å². The number of rotatable bonds is 5. The summed E-state index contributed by atoms with van der Waals surface area (Å²) in [6, 6.07) is 8.08. The maximum Gasteiger partial charge on any atom is 0.257 e. The lowest BCUT2D eigenvalue weighted by atomic mass is 10.1. The Labute approximate surface area is 150 Å². The second-order valence-electron chi connectivity index (χ2n) is 5.73. The van der Waals surface area contributed by atoms with Gasteiger partial charge in [0, 0.05) is 29.9 Å². The molecule has 4 rings (SSSR count). The summed E-state index contributed by atoms with van der Waals surface area (Å²) < 4.78 is 1.87. The van der Waals surface area contributed by atoms with Crippen LogP contribution in [0, 0.1) is 0 Å². The van der Waals surface area contributed by atoms with Gasteiger partial charge in [-0.1, -0.05) is 25.3 Å². The molecule has 0 aliphatic rings. The molecule has 0 spiro atoms. The van der Waals surface area contributed by atoms with Crippen molar-refractivity contribution in [3.8, 4) is 11.3 Å². The molecular weight excluding hydrogens is 326 g/mol. The Hall–Kier alpha value is -3.74. The summed E-state index contributed by atoms with van der Waals surface area (Å²) in [6.45, 7) is 7.64. The number of aromatic amines is 1. The summed E-state index contributed by atoms with van der Waals surface area (Å²) in [5, 5.41) is 16.1. The predicted molar refractivity (Wildman–Crippen MR) is 103 cm³/mol. The van der Waals surface area contributed by atoms with Gasteiger partial charge in [0.2, 0.25) is 0 Å². The van der Waals surface area contributed by atoms with Crippen molar-refractivity contribution in [1.82, 2.24) is 29.8 Å². The van der Waals surface area contributed by atoms with Crippen molar-refractivity contribution in [1.29, 1.82) is 0 Å². The van der Waals surface area contributed by atoms with Gasteiger partial charge in [-0.3, -0.25) is 9.50 Å². The van der Waals surface area contributed by atoms with E-state index in [1.165, 1.54) is 0 Å². The summed E-state index contributed by atoms with van der Waals surface area (Å²) >= 11 is 0. The Morgan fingerprint density at radius 3 is 2.88 bits per heavy atom. The van der Waals surface area contributed by atoms with E-state index < -0.39 is 0 Å². The highest BCUT2D eigenvalue weighted by Gasteiger charge is 2.15. The summed E-state index contributed by atoms with van der Waals surface area (Å²) in [7, 11) is 1.94. The molecular formula is C19H17N7. The van der Waals surface area contributed by atoms with Gasteiger partial charge < -0.3 is 4.90 Å². The van der Waals surface area contributed by atoms with Crippen LogP contribution in [0.15, 0.2) is 73.9 Å². The van der Waals surface area contributed by atoms with Gasteiger partial charge in [0.05, 0.1) is 11.2 Å². The molecule has 0 saturated carbocycles. The minimum Gasteiger partial charge on any atom is -0.329 e. The number of likely N-dealkylation sites (N-methyl/N-ethyl adjacent to an activating group) is 1. The van der Waals surface area contributed by atoms with Gasteiger partial charge in [-0.05, 0) is 30.4 Å². The number of allylic oxidation sites excluding steroid dienone is 3. The molecule has 7 heteroatoms. The van der Waals surface area contributed by atoms with E-state index in [9.17, 15) is 0 Å². The Balaban J connectivity index is 2.00. The van der Waals surface area contributed by atoms with Gasteiger partial charge in [-0.15, -0.1) is 10.2 Å². The van der Waals surface area contributed by atoms with Crippen molar-refractivity contribution in [3.05, 3.63) is 73.9 Å². The molecule has 0 saturated heterocycles. The maximum atomic E-state index is 4.68. The third-order valence-corrected chi connectivity index (χ3v) is 4.25. The van der Waals surface area contributed by atoms with Gasteiger partial charge in [0.15, 0.2) is 0 Å². The van der Waals surface area contributed by atoms with Crippen molar-refractivity contribution in [2.24, 2.45) is 0 Å². The van der Waals surface area contributed by atoms with Crippen LogP contribution in [0.1, 0.15) is 0 Å². The lowest BCUT2D eigenvalue weighted by Gasteiger charge is -2.21. The van der Waals surface area contributed by atoms with Crippen molar-refractivity contribution in [2.75, 3.05) is 11.9 Å². The number of hydrogen-bond acceptors (Lipinski definition) is 5. The van der Waals surface area contributed by atoms with Crippen LogP contribution in [0.4, 0.5) is 5.82 Å². The molecule has 0 aliphatic carbocycles. The van der Waals surface area contributed by atoms with Gasteiger partial charge in [0.25, 0.3) is 5.78 Å². The zero-order chi connectivity index (χ0) is 18.1. The number of aromatic nitrogens is 6. The minimum absolute atomic E-state index is 0.531. The fourth-order valence-electron chi connectivity index (χ4n) is 2.95. The van der Waals surface area contributed by atoms with Crippen LogP contribution in [-0.4, -0.2) is 36.8 Å². The Kier molecular flexibility index (Phi) is 3.81. The first kappa shape index (κ1) is 15.8. The molecule has 1 aromatic carbocycles. The highest BCUT2D eigenvalue weighted by Crippen LogP contribution is 2.30. The second kappa shape index (κ2) is 6.29. The quantitative estimate of drug-likeness (QED) is 0.562. The lowest BCUT2D eigenvalue weighted by Crippen LogP contribution is -2.17. The fourth-order valence-corrected chi connectivity index (χ4v) is 2.95. The first-order valence-electron chi connectivity index (χ1n) is 8.05. The number of anilines is 1. The van der Waals surface area contributed by atoms with Crippen LogP contribution in [0.3, 0.4) is 0 Å². The number of fused-ring (bicyclic) bond motifs is 3. The molecule has 0 bridgehead atoms. The molecule has 0 atom stereocenters. The number of H-pyrrole nitrogens is 1. The zero-order valence-electron chi connectivity index (χ0n) is 14.3. The Bertz CT molecular complexity index is 1140. The molecule has 3 aromatic heterocycles. The molecule has 4 aromatic rings. The van der Waals surface area contributed by atoms with Gasteiger partial charge in [-0.2, -0.15) is 10.1 Å². The maximum absolute atomic E-state index is 4.68. The van der Waals surface area contributed by atoms with E-state index in [1.807, 2.05) is 40.6 Å². The summed E-state index contributed by atoms with van der Waals surface area (Å²) in [4.78, 5) is 6.64. The highest BCUT2D eigenvalue weighted by molar-refractivity contribution is 5.94. The van der Waals surface area contributed by atoms with Crippen LogP contribution in [0.2, 0.25) is 0 Å². The molecule has 1 N–H and O–H groups in total. The Morgan fingerprint density at radius 1 is 1.27 bits per heavy atom. The van der Waals surface area contributed by atoms with Crippen LogP contribution >= 0.6 is 0 Å². The average molecular weight is 343 g/mol. The SMILES string of the molecule is C=C/C=C(\C=C)N(C)c1nc2nncn2c2cc(-c3ccn[nH]3)ccc12. The number of nitrogens with zero attached hydrogens (tertiary/aromatic N) is 6. The molecule has 0 radical (unpaired) electrons. The predicted octanol–water partition coefficient (Wildman–Crippen LogP) is 3.36. The molecule has 3 heterocycles. The monoisotopic (exact) mass is 343 g/mol. The topological polar surface area (TPSA) is 75.0 Å². The van der Waals surface area contributed by atoms with Crippen LogP contribution in [0.5, 0.6) is 0 Å². The van der Waals surface area contributed by atoms with Gasteiger partial charge in [-0.25, -0.2) is 0 Å². The third-order valence-electron chi connectivity index (χ3n) is 4.25. The zero-order valence-corrected chi connectivity index (χ0v) is 14.3. The van der Waals surface area contributed by atoms with E-state index >= 15 is 0 Å². The van der Waals surface area contributed by atoms with Crippen LogP contribution < -0.4 is 4.90 Å². The van der Waals surface area contributed by atoms with E-state index in [1.54, 1.807) is 24.7 Å². The molecule has 0 fully saturated rings. The van der Waals surface area contributed by atoms with E-state index in [0.29, 0.717) is 5.78 Å². The van der Waals surface area contributed by atoms with Crippen molar-refractivity contribution in [3.63, 3.8) is 0 Å². The minimum atomic E-state index is 0.531. The van der Waals surface area contributed by atoms with Gasteiger partial charge >= 0.3 is 0 Å². The Morgan fingerprint density at radius 2 is 2.15 bits per heavy atom. The summed E-state index contributed by atoms with van der Waals surface area (Å²) in [5.41, 5.74) is 3.81. The van der Waals surface area contributed by atoms with E-state index in [-0.39, 0.29) is 0 Å². The van der Waals surface area contributed by atoms with Gasteiger partial charge in [0.1, 0.15) is 12.1 Å². The summed E-state index contributed by atoms with van der Waals surface area (Å²) in [6.07, 6.45) is 8.77. The van der Waals surface area contributed by atoms with Crippen molar-refractivity contribution < 1.29 is 0 Å². The molecule has 26 heavy (non-hydrogen) atoms. The summed E-state index contributed by atoms with van der Waals surface area (Å²) in [5.74, 6) is 1.30. The molecule has 0 amide bonds. The standard InChI is InChI=1S/C19H17N7/c1-4-6-14(5-2)25(3)18-15-8-7-13(16-9-10-20-23-16)11-17(15)26-12-21-24-19(26)22-18/h4-12H,1-2H2,3H3,(H,20,23)/b14-6+. The number of hydrogen-bond donors (Lipinski definition) is 1. The average Bonchev–Trinajstić information content (AvgIpc) is 3.36. The normalized spacial score (nSPS) is 11.8. The fraction of sp³-hybridized carbons (Fsp3) is 0.0526. The first-order valence-corrected chi connectivity index (χ1v) is 8.05. The molecule has 0 aliphatic heterocycles. The lowest BCUT2D eigenvalue weighted by molar-refractivity contribution is 1.06. The number of nitrogens with one attached hydrogen (secondary N) is 1. The van der Waals surface area contributed by atoms with Crippen molar-refractivity contribution >= 4 is 22.5 Å². The van der Waals surface area contributed by atoms with Crippen LogP contribution in [0.25, 0.3) is 27.9 Å². The highest BCUT2D eigenvalue weighted by atomic mass is 15.3. The van der Waals surface area contributed by atoms with E-state index in [2.05, 4.69) is 44.6 Å².